The number of aliphatic hydroxyl groups excluding tert-OH is 1. The van der Waals surface area contributed by atoms with Crippen molar-refractivity contribution in [2.75, 3.05) is 0 Å². The summed E-state index contributed by atoms with van der Waals surface area (Å²) in [6, 6.07) is 8.46. The Morgan fingerprint density at radius 2 is 1.67 bits per heavy atom. The second-order valence-corrected chi connectivity index (χ2v) is 7.05. The number of aryl methyl sites for hydroxylation is 1. The van der Waals surface area contributed by atoms with Crippen LogP contribution in [-0.2, 0) is 19.4 Å². The van der Waals surface area contributed by atoms with Gasteiger partial charge in [0.05, 0.1) is 6.61 Å². The molecule has 0 aliphatic carbocycles. The second-order valence-electron chi connectivity index (χ2n) is 4.09. The number of aliphatic hydroxyl groups is 1. The molecule has 0 radical (unpaired) electrons. The van der Waals surface area contributed by atoms with Gasteiger partial charge in [-0.3, -0.25) is 0 Å². The van der Waals surface area contributed by atoms with Crippen LogP contribution in [0.3, 0.4) is 0 Å². The molecule has 2 aromatic rings. The Morgan fingerprint density at radius 3 is 2.28 bits per heavy atom. The number of halogens is 2. The largest absolute Gasteiger partial charge is 0.392 e. The average molecular weight is 390 g/mol. The molecule has 0 aliphatic rings. The molecule has 1 nitrogen and oxygen atoms in total. The van der Waals surface area contributed by atoms with Crippen LogP contribution in [-0.4, -0.2) is 5.11 Å². The number of hydrogen-bond acceptors (Lipinski definition) is 2. The van der Waals surface area contributed by atoms with E-state index in [1.54, 1.807) is 0 Å². The second kappa shape index (κ2) is 6.33. The minimum absolute atomic E-state index is 0.0540. The third-order valence-corrected chi connectivity index (χ3v) is 5.52. The molecule has 0 aliphatic heterocycles. The fourth-order valence-electron chi connectivity index (χ4n) is 1.78. The van der Waals surface area contributed by atoms with Crippen molar-refractivity contribution in [2.45, 2.75) is 26.4 Å². The molecule has 1 aromatic heterocycles. The van der Waals surface area contributed by atoms with Crippen LogP contribution in [0.4, 0.5) is 0 Å². The van der Waals surface area contributed by atoms with Crippen molar-refractivity contribution >= 4 is 43.2 Å². The molecule has 96 valence electrons. The maximum Gasteiger partial charge on any atom is 0.0693 e. The Bertz CT molecular complexity index is 549. The molecule has 1 N–H and O–H groups in total. The van der Waals surface area contributed by atoms with E-state index < -0.39 is 0 Å². The van der Waals surface area contributed by atoms with Crippen LogP contribution >= 0.6 is 43.2 Å². The summed E-state index contributed by atoms with van der Waals surface area (Å²) < 4.78 is 2.02. The SMILES string of the molecule is CCc1ccc(Cc2cc(Br)c(CO)cc2Br)s1. The molecule has 0 atom stereocenters. The predicted molar refractivity (Wildman–Crippen MR) is 84.3 cm³/mol. The highest BCUT2D eigenvalue weighted by molar-refractivity contribution is 9.11. The number of benzene rings is 1. The van der Waals surface area contributed by atoms with Crippen LogP contribution in [0.1, 0.15) is 27.8 Å². The van der Waals surface area contributed by atoms with Crippen molar-refractivity contribution < 1.29 is 5.11 Å². The Morgan fingerprint density at radius 1 is 1.06 bits per heavy atom. The van der Waals surface area contributed by atoms with Crippen LogP contribution in [0, 0.1) is 0 Å². The summed E-state index contributed by atoms with van der Waals surface area (Å²) in [5.74, 6) is 0. The van der Waals surface area contributed by atoms with Crippen LogP contribution in [0.15, 0.2) is 33.2 Å². The molecule has 0 saturated carbocycles. The molecule has 0 fully saturated rings. The van der Waals surface area contributed by atoms with Crippen LogP contribution in [0.25, 0.3) is 0 Å². The van der Waals surface area contributed by atoms with E-state index in [2.05, 4.69) is 57.0 Å². The fraction of sp³-hybridized carbons (Fsp3) is 0.286. The van der Waals surface area contributed by atoms with Crippen molar-refractivity contribution in [1.82, 2.24) is 0 Å². The van der Waals surface area contributed by atoms with Gasteiger partial charge in [0.15, 0.2) is 0 Å². The van der Waals surface area contributed by atoms with E-state index in [-0.39, 0.29) is 6.61 Å². The average Bonchev–Trinajstić information content (AvgIpc) is 2.81. The fourth-order valence-corrected chi connectivity index (χ4v) is 3.81. The highest BCUT2D eigenvalue weighted by Gasteiger charge is 2.08. The molecule has 0 amide bonds. The third kappa shape index (κ3) is 3.23. The van der Waals surface area contributed by atoms with Crippen molar-refractivity contribution in [3.05, 3.63) is 54.1 Å². The van der Waals surface area contributed by atoms with E-state index in [0.717, 1.165) is 27.4 Å². The molecular formula is C14H14Br2OS. The minimum Gasteiger partial charge on any atom is -0.392 e. The number of hydrogen-bond donors (Lipinski definition) is 1. The zero-order chi connectivity index (χ0) is 13.1. The molecule has 1 heterocycles. The summed E-state index contributed by atoms with van der Waals surface area (Å²) in [7, 11) is 0. The maximum absolute atomic E-state index is 9.21. The monoisotopic (exact) mass is 388 g/mol. The first-order valence-corrected chi connectivity index (χ1v) is 8.19. The van der Waals surface area contributed by atoms with Crippen LogP contribution in [0.5, 0.6) is 0 Å². The van der Waals surface area contributed by atoms with E-state index in [1.807, 2.05) is 17.4 Å². The lowest BCUT2D eigenvalue weighted by Crippen LogP contribution is -1.92. The quantitative estimate of drug-likeness (QED) is 0.786. The Hall–Kier alpha value is -0.160. The smallest absolute Gasteiger partial charge is 0.0693 e. The van der Waals surface area contributed by atoms with E-state index in [4.69, 9.17) is 0 Å². The normalized spacial score (nSPS) is 10.9. The van der Waals surface area contributed by atoms with Crippen molar-refractivity contribution in [3.8, 4) is 0 Å². The summed E-state index contributed by atoms with van der Waals surface area (Å²) in [4.78, 5) is 2.79. The molecule has 0 spiro atoms. The summed E-state index contributed by atoms with van der Waals surface area (Å²) in [6.07, 6.45) is 2.02. The molecule has 2 rings (SSSR count). The first-order valence-electron chi connectivity index (χ1n) is 5.79. The van der Waals surface area contributed by atoms with E-state index in [1.165, 1.54) is 15.3 Å². The van der Waals surface area contributed by atoms with Gasteiger partial charge < -0.3 is 5.11 Å². The molecule has 1 aromatic carbocycles. The van der Waals surface area contributed by atoms with Gasteiger partial charge in [-0.25, -0.2) is 0 Å². The van der Waals surface area contributed by atoms with E-state index in [0.29, 0.717) is 0 Å². The first-order chi connectivity index (χ1) is 8.63. The third-order valence-electron chi connectivity index (χ3n) is 2.82. The Labute approximate surface area is 128 Å². The van der Waals surface area contributed by atoms with Gasteiger partial charge in [-0.2, -0.15) is 0 Å². The zero-order valence-corrected chi connectivity index (χ0v) is 14.0. The number of rotatable bonds is 4. The minimum atomic E-state index is 0.0540. The van der Waals surface area contributed by atoms with Crippen molar-refractivity contribution in [3.63, 3.8) is 0 Å². The van der Waals surface area contributed by atoms with Gasteiger partial charge in [0, 0.05) is 25.1 Å². The summed E-state index contributed by atoms with van der Waals surface area (Å²) in [6.45, 7) is 2.23. The molecule has 0 saturated heterocycles. The van der Waals surface area contributed by atoms with E-state index in [9.17, 15) is 5.11 Å². The molecule has 4 heteroatoms. The van der Waals surface area contributed by atoms with Gasteiger partial charge in [0.25, 0.3) is 0 Å². The Balaban J connectivity index is 2.26. The van der Waals surface area contributed by atoms with Crippen molar-refractivity contribution in [1.29, 1.82) is 0 Å². The lowest BCUT2D eigenvalue weighted by Gasteiger charge is -2.08. The first kappa shape index (κ1) is 14.3. The molecule has 0 unspecified atom stereocenters. The molecular weight excluding hydrogens is 376 g/mol. The van der Waals surface area contributed by atoms with Gasteiger partial charge in [-0.1, -0.05) is 38.8 Å². The van der Waals surface area contributed by atoms with Gasteiger partial charge in [0.1, 0.15) is 0 Å². The lowest BCUT2D eigenvalue weighted by atomic mass is 10.1. The van der Waals surface area contributed by atoms with Gasteiger partial charge in [0.2, 0.25) is 0 Å². The highest BCUT2D eigenvalue weighted by Crippen LogP contribution is 2.29. The van der Waals surface area contributed by atoms with Crippen molar-refractivity contribution in [2.24, 2.45) is 0 Å². The van der Waals surface area contributed by atoms with Gasteiger partial charge >= 0.3 is 0 Å². The Kier molecular flexibility index (Phi) is 5.01. The predicted octanol–water partition coefficient (Wildman–Crippen LogP) is 4.92. The van der Waals surface area contributed by atoms with Gasteiger partial charge in [-0.05, 0) is 41.8 Å². The van der Waals surface area contributed by atoms with Gasteiger partial charge in [-0.15, -0.1) is 11.3 Å². The summed E-state index contributed by atoms with van der Waals surface area (Å²) >= 11 is 8.94. The molecule has 0 bridgehead atoms. The summed E-state index contributed by atoms with van der Waals surface area (Å²) in [5.41, 5.74) is 2.15. The van der Waals surface area contributed by atoms with E-state index >= 15 is 0 Å². The molecule has 18 heavy (non-hydrogen) atoms. The number of thiophene rings is 1. The maximum atomic E-state index is 9.21. The highest BCUT2D eigenvalue weighted by atomic mass is 79.9. The van der Waals surface area contributed by atoms with Crippen LogP contribution < -0.4 is 0 Å². The van der Waals surface area contributed by atoms with Crippen LogP contribution in [0.2, 0.25) is 0 Å². The zero-order valence-electron chi connectivity index (χ0n) is 10.0. The summed E-state index contributed by atoms with van der Waals surface area (Å²) in [5, 5.41) is 9.21. The standard InChI is InChI=1S/C14H14Br2OS/c1-2-11-3-4-12(18-11)5-9-6-14(16)10(8-17)7-13(9)15/h3-4,6-7,17H,2,5,8H2,1H3. The topological polar surface area (TPSA) is 20.2 Å². The lowest BCUT2D eigenvalue weighted by molar-refractivity contribution is 0.281.